The van der Waals surface area contributed by atoms with Gasteiger partial charge in [0.05, 0.1) is 19.6 Å². The summed E-state index contributed by atoms with van der Waals surface area (Å²) < 4.78 is 11.0. The van der Waals surface area contributed by atoms with E-state index in [0.29, 0.717) is 13.0 Å². The standard InChI is InChI=1S/C27H34N2O6/c1-19(2)29(15-7-12-26(31)32)25(30)13-16-34-17-14-28-27(33)35-18-24-22-10-5-3-8-20(22)21-9-4-6-11-23(21)24/h3-6,8-11,19,24H,7,12-18H2,1-2H3,(H,28,33)(H,31,32). The number of carbonyl (C=O) groups excluding carboxylic acids is 2. The number of hydrogen-bond donors (Lipinski definition) is 2. The zero-order chi connectivity index (χ0) is 25.2. The van der Waals surface area contributed by atoms with E-state index in [4.69, 9.17) is 14.6 Å². The van der Waals surface area contributed by atoms with Gasteiger partial charge >= 0.3 is 12.1 Å². The zero-order valence-electron chi connectivity index (χ0n) is 20.4. The molecule has 8 heteroatoms. The Hall–Kier alpha value is -3.39. The van der Waals surface area contributed by atoms with E-state index in [1.807, 2.05) is 38.1 Å². The Balaban J connectivity index is 1.34. The first-order valence-corrected chi connectivity index (χ1v) is 12.1. The second kappa shape index (κ2) is 12.9. The first kappa shape index (κ1) is 26.2. The molecule has 188 valence electrons. The van der Waals surface area contributed by atoms with E-state index in [9.17, 15) is 14.4 Å². The highest BCUT2D eigenvalue weighted by Gasteiger charge is 2.28. The summed E-state index contributed by atoms with van der Waals surface area (Å²) in [6, 6.07) is 16.3. The van der Waals surface area contributed by atoms with Crippen molar-refractivity contribution in [2.75, 3.05) is 32.9 Å². The number of fused-ring (bicyclic) bond motifs is 3. The van der Waals surface area contributed by atoms with Gasteiger partial charge in [0.25, 0.3) is 0 Å². The Bertz CT molecular complexity index is 977. The number of aliphatic carboxylic acids is 1. The largest absolute Gasteiger partial charge is 0.481 e. The summed E-state index contributed by atoms with van der Waals surface area (Å²) in [6.45, 7) is 5.23. The summed E-state index contributed by atoms with van der Waals surface area (Å²) >= 11 is 0. The molecule has 0 aliphatic heterocycles. The van der Waals surface area contributed by atoms with Gasteiger partial charge in [-0.1, -0.05) is 48.5 Å². The van der Waals surface area contributed by atoms with E-state index < -0.39 is 12.1 Å². The van der Waals surface area contributed by atoms with Crippen molar-refractivity contribution in [2.45, 2.75) is 45.1 Å². The van der Waals surface area contributed by atoms with Gasteiger partial charge in [-0.3, -0.25) is 9.59 Å². The smallest absolute Gasteiger partial charge is 0.407 e. The van der Waals surface area contributed by atoms with Crippen molar-refractivity contribution in [3.05, 3.63) is 59.7 Å². The maximum absolute atomic E-state index is 12.4. The van der Waals surface area contributed by atoms with Gasteiger partial charge in [-0.25, -0.2) is 4.79 Å². The molecular weight excluding hydrogens is 448 g/mol. The molecule has 0 unspecified atom stereocenters. The third kappa shape index (κ3) is 7.29. The van der Waals surface area contributed by atoms with Crippen LogP contribution in [-0.4, -0.2) is 66.9 Å². The van der Waals surface area contributed by atoms with Crippen LogP contribution in [0.15, 0.2) is 48.5 Å². The molecule has 1 aliphatic rings. The number of alkyl carbamates (subject to hydrolysis) is 1. The number of nitrogens with one attached hydrogen (secondary N) is 1. The molecule has 0 aromatic heterocycles. The summed E-state index contributed by atoms with van der Waals surface area (Å²) in [6.07, 6.45) is 0.158. The number of carboxylic acids is 1. The number of hydrogen-bond acceptors (Lipinski definition) is 5. The monoisotopic (exact) mass is 482 g/mol. The SMILES string of the molecule is CC(C)N(CCCC(=O)O)C(=O)CCOCCNC(=O)OCC1c2ccccc2-c2ccccc21. The summed E-state index contributed by atoms with van der Waals surface area (Å²) in [5.41, 5.74) is 4.68. The lowest BCUT2D eigenvalue weighted by Gasteiger charge is -2.26. The molecule has 0 saturated carbocycles. The number of carboxylic acid groups (broad SMARTS) is 1. The van der Waals surface area contributed by atoms with E-state index in [-0.39, 0.29) is 57.1 Å². The quantitative estimate of drug-likeness (QED) is 0.418. The van der Waals surface area contributed by atoms with Gasteiger partial charge in [0, 0.05) is 31.5 Å². The van der Waals surface area contributed by atoms with Gasteiger partial charge in [-0.2, -0.15) is 0 Å². The molecule has 0 spiro atoms. The van der Waals surface area contributed by atoms with E-state index in [0.717, 1.165) is 11.1 Å². The molecule has 2 aromatic rings. The highest BCUT2D eigenvalue weighted by atomic mass is 16.5. The van der Waals surface area contributed by atoms with E-state index in [2.05, 4.69) is 29.6 Å². The molecule has 0 heterocycles. The molecule has 0 radical (unpaired) electrons. The average molecular weight is 483 g/mol. The van der Waals surface area contributed by atoms with Crippen molar-refractivity contribution >= 4 is 18.0 Å². The molecule has 3 rings (SSSR count). The van der Waals surface area contributed by atoms with E-state index in [1.165, 1.54) is 11.1 Å². The summed E-state index contributed by atoms with van der Waals surface area (Å²) in [5.74, 6) is -0.932. The van der Waals surface area contributed by atoms with Crippen LogP contribution in [0.1, 0.15) is 50.2 Å². The summed E-state index contributed by atoms with van der Waals surface area (Å²) in [4.78, 5) is 36.9. The number of amides is 2. The molecule has 2 aromatic carbocycles. The van der Waals surface area contributed by atoms with Crippen LogP contribution in [0, 0.1) is 0 Å². The van der Waals surface area contributed by atoms with E-state index in [1.54, 1.807) is 4.90 Å². The number of ether oxygens (including phenoxy) is 2. The Labute approximate surface area is 206 Å². The normalized spacial score (nSPS) is 12.2. The predicted octanol–water partition coefficient (Wildman–Crippen LogP) is 4.03. The maximum atomic E-state index is 12.4. The second-order valence-corrected chi connectivity index (χ2v) is 8.79. The lowest BCUT2D eigenvalue weighted by Crippen LogP contribution is -2.38. The minimum Gasteiger partial charge on any atom is -0.481 e. The number of nitrogens with zero attached hydrogens (tertiary/aromatic N) is 1. The first-order valence-electron chi connectivity index (χ1n) is 12.1. The summed E-state index contributed by atoms with van der Waals surface area (Å²) in [5, 5.41) is 11.5. The van der Waals surface area contributed by atoms with Gasteiger partial charge in [0.1, 0.15) is 6.61 Å². The van der Waals surface area contributed by atoms with Crippen LogP contribution in [-0.2, 0) is 19.1 Å². The highest BCUT2D eigenvalue weighted by molar-refractivity contribution is 5.79. The van der Waals surface area contributed by atoms with Gasteiger partial charge in [0.2, 0.25) is 5.91 Å². The molecule has 8 nitrogen and oxygen atoms in total. The van der Waals surface area contributed by atoms with Gasteiger partial charge in [0.15, 0.2) is 0 Å². The van der Waals surface area contributed by atoms with E-state index >= 15 is 0 Å². The Morgan fingerprint density at radius 2 is 1.60 bits per heavy atom. The van der Waals surface area contributed by atoms with Gasteiger partial charge in [-0.15, -0.1) is 0 Å². The van der Waals surface area contributed by atoms with Crippen LogP contribution < -0.4 is 5.32 Å². The molecule has 2 N–H and O–H groups in total. The van der Waals surface area contributed by atoms with Crippen LogP contribution in [0.2, 0.25) is 0 Å². The van der Waals surface area contributed by atoms with Gasteiger partial charge < -0.3 is 24.8 Å². The Kier molecular flexibility index (Phi) is 9.66. The first-order chi connectivity index (χ1) is 16.9. The number of carbonyl (C=O) groups is 3. The minimum absolute atomic E-state index is 0.00784. The van der Waals surface area contributed by atoms with Crippen molar-refractivity contribution in [3.63, 3.8) is 0 Å². The molecular formula is C27H34N2O6. The third-order valence-electron chi connectivity index (χ3n) is 6.05. The summed E-state index contributed by atoms with van der Waals surface area (Å²) in [7, 11) is 0. The Morgan fingerprint density at radius 3 is 2.20 bits per heavy atom. The van der Waals surface area contributed by atoms with Crippen LogP contribution in [0.25, 0.3) is 11.1 Å². The van der Waals surface area contributed by atoms with Crippen LogP contribution in [0.4, 0.5) is 4.79 Å². The van der Waals surface area contributed by atoms with Crippen LogP contribution >= 0.6 is 0 Å². The predicted molar refractivity (Wildman–Crippen MR) is 132 cm³/mol. The van der Waals surface area contributed by atoms with Crippen LogP contribution in [0.3, 0.4) is 0 Å². The number of benzene rings is 2. The van der Waals surface area contributed by atoms with Crippen molar-refractivity contribution in [2.24, 2.45) is 0 Å². The topological polar surface area (TPSA) is 105 Å². The van der Waals surface area contributed by atoms with Gasteiger partial charge in [-0.05, 0) is 42.5 Å². The molecule has 35 heavy (non-hydrogen) atoms. The molecule has 0 saturated heterocycles. The fourth-order valence-corrected chi connectivity index (χ4v) is 4.35. The number of rotatable bonds is 13. The zero-order valence-corrected chi connectivity index (χ0v) is 20.4. The fourth-order valence-electron chi connectivity index (χ4n) is 4.35. The molecule has 0 atom stereocenters. The molecule has 2 amide bonds. The average Bonchev–Trinajstić information content (AvgIpc) is 3.16. The van der Waals surface area contributed by atoms with Crippen molar-refractivity contribution in [1.29, 1.82) is 0 Å². The van der Waals surface area contributed by atoms with Crippen molar-refractivity contribution in [1.82, 2.24) is 10.2 Å². The third-order valence-corrected chi connectivity index (χ3v) is 6.05. The van der Waals surface area contributed by atoms with Crippen molar-refractivity contribution in [3.8, 4) is 11.1 Å². The fraction of sp³-hybridized carbons (Fsp3) is 0.444. The highest BCUT2D eigenvalue weighted by Crippen LogP contribution is 2.44. The van der Waals surface area contributed by atoms with Crippen LogP contribution in [0.5, 0.6) is 0 Å². The van der Waals surface area contributed by atoms with Crippen molar-refractivity contribution < 1.29 is 29.0 Å². The molecule has 1 aliphatic carbocycles. The molecule has 0 bridgehead atoms. The maximum Gasteiger partial charge on any atom is 0.407 e. The molecule has 0 fully saturated rings. The lowest BCUT2D eigenvalue weighted by atomic mass is 9.98. The Morgan fingerprint density at radius 1 is 0.971 bits per heavy atom. The lowest BCUT2D eigenvalue weighted by molar-refractivity contribution is -0.139. The minimum atomic E-state index is -0.867. The second-order valence-electron chi connectivity index (χ2n) is 8.79.